The number of fused-ring (bicyclic) bond motifs is 1. The zero-order valence-corrected chi connectivity index (χ0v) is 22.7. The van der Waals surface area contributed by atoms with Crippen LogP contribution in [0.25, 0.3) is 10.9 Å². The molecule has 1 atom stereocenters. The number of anilines is 1. The van der Waals surface area contributed by atoms with Crippen molar-refractivity contribution in [1.29, 1.82) is 0 Å². The van der Waals surface area contributed by atoms with Crippen molar-refractivity contribution >= 4 is 61.8 Å². The van der Waals surface area contributed by atoms with Gasteiger partial charge >= 0.3 is 5.97 Å². The summed E-state index contributed by atoms with van der Waals surface area (Å²) in [4.78, 5) is 28.5. The Bertz CT molecular complexity index is 1580. The first-order chi connectivity index (χ1) is 18.7. The molecule has 0 fully saturated rings. The summed E-state index contributed by atoms with van der Waals surface area (Å²) in [5.74, 6) is -1.30. The second-order valence-electron chi connectivity index (χ2n) is 8.37. The molecule has 11 nitrogen and oxygen atoms in total. The van der Waals surface area contributed by atoms with Gasteiger partial charge in [0.1, 0.15) is 16.8 Å². The van der Waals surface area contributed by atoms with E-state index < -0.39 is 39.4 Å². The van der Waals surface area contributed by atoms with Crippen LogP contribution in [0.15, 0.2) is 71.9 Å². The van der Waals surface area contributed by atoms with Gasteiger partial charge in [-0.2, -0.15) is 9.82 Å². The molecule has 4 aromatic rings. The third-order valence-electron chi connectivity index (χ3n) is 5.70. The number of carbonyl (C=O) groups is 2. The van der Waals surface area contributed by atoms with Gasteiger partial charge in [-0.25, -0.2) is 13.4 Å². The first-order valence-electron chi connectivity index (χ1n) is 11.7. The Morgan fingerprint density at radius 2 is 1.77 bits per heavy atom. The minimum atomic E-state index is -4.41. The fourth-order valence-corrected chi connectivity index (χ4v) is 6.18. The van der Waals surface area contributed by atoms with Gasteiger partial charge in [0.05, 0.1) is 27.3 Å². The minimum absolute atomic E-state index is 0.167. The lowest BCUT2D eigenvalue weighted by Gasteiger charge is -2.17. The van der Waals surface area contributed by atoms with Gasteiger partial charge in [-0.05, 0) is 42.8 Å². The van der Waals surface area contributed by atoms with E-state index in [4.69, 9.17) is 23.2 Å². The molecule has 0 bridgehead atoms. The summed E-state index contributed by atoms with van der Waals surface area (Å²) < 4.78 is 29.4. The largest absolute Gasteiger partial charge is 0.480 e. The molecule has 204 valence electrons. The Kier molecular flexibility index (Phi) is 9.02. The number of halogens is 2. The molecule has 0 radical (unpaired) electrons. The number of nitrogens with zero attached hydrogens (tertiary/aromatic N) is 3. The van der Waals surface area contributed by atoms with E-state index in [9.17, 15) is 23.1 Å². The number of carboxylic acids is 1. The first kappa shape index (κ1) is 28.3. The van der Waals surface area contributed by atoms with Crippen LogP contribution in [-0.4, -0.2) is 59.3 Å². The number of sulfonamides is 1. The zero-order chi connectivity index (χ0) is 28.0. The quantitative estimate of drug-likeness (QED) is 0.183. The van der Waals surface area contributed by atoms with Crippen molar-refractivity contribution in [3.63, 3.8) is 0 Å². The number of hydrogen-bond donors (Lipinski definition) is 4. The number of amides is 1. The summed E-state index contributed by atoms with van der Waals surface area (Å²) in [5.41, 5.74) is 0.996. The standard InChI is InChI=1S/C25H24Cl2N6O5S/c26-18-7-4-8-19(27)23(18)39(37,38)32-20(25(35)36)15-30-24(34)16-6-3-9-21-17(16)14-31-33(21)13-5-12-29-22-10-1-2-11-28-22/h1-4,6-11,14,20,32H,5,12-13,15H2,(H,28,29)(H,30,34)(H,35,36). The highest BCUT2D eigenvalue weighted by Crippen LogP contribution is 2.29. The number of aryl methyl sites for hydroxylation is 1. The maximum Gasteiger partial charge on any atom is 0.323 e. The second-order valence-corrected chi connectivity index (χ2v) is 10.8. The maximum absolute atomic E-state index is 13.0. The average molecular weight is 591 g/mol. The van der Waals surface area contributed by atoms with Gasteiger partial charge in [0.2, 0.25) is 10.0 Å². The van der Waals surface area contributed by atoms with Crippen LogP contribution in [0.1, 0.15) is 16.8 Å². The molecule has 4 rings (SSSR count). The van der Waals surface area contributed by atoms with Gasteiger partial charge in [-0.15, -0.1) is 0 Å². The van der Waals surface area contributed by atoms with Crippen molar-refractivity contribution in [3.05, 3.63) is 82.6 Å². The molecule has 2 heterocycles. The SMILES string of the molecule is O=C(NCC(NS(=O)(=O)c1c(Cl)cccc1Cl)C(=O)O)c1cccc2c1cnn2CCCNc1ccccn1. The molecular formula is C25H24Cl2N6O5S. The van der Waals surface area contributed by atoms with E-state index in [1.807, 2.05) is 29.0 Å². The predicted molar refractivity (Wildman–Crippen MR) is 148 cm³/mol. The van der Waals surface area contributed by atoms with Gasteiger partial charge in [0.15, 0.2) is 0 Å². The molecule has 1 unspecified atom stereocenters. The van der Waals surface area contributed by atoms with Crippen LogP contribution < -0.4 is 15.4 Å². The normalized spacial score (nSPS) is 12.3. The third kappa shape index (κ3) is 6.84. The lowest BCUT2D eigenvalue weighted by Crippen LogP contribution is -2.48. The lowest BCUT2D eigenvalue weighted by atomic mass is 10.1. The number of rotatable bonds is 12. The zero-order valence-electron chi connectivity index (χ0n) is 20.3. The average Bonchev–Trinajstić information content (AvgIpc) is 3.32. The molecule has 2 aromatic heterocycles. The fourth-order valence-electron chi connectivity index (χ4n) is 3.85. The predicted octanol–water partition coefficient (Wildman–Crippen LogP) is 3.40. The maximum atomic E-state index is 13.0. The van der Waals surface area contributed by atoms with Crippen LogP contribution in [0, 0.1) is 0 Å². The summed E-state index contributed by atoms with van der Waals surface area (Å²) in [6.07, 6.45) is 4.02. The highest BCUT2D eigenvalue weighted by atomic mass is 35.5. The van der Waals surface area contributed by atoms with E-state index in [0.717, 1.165) is 17.8 Å². The Morgan fingerprint density at radius 3 is 2.46 bits per heavy atom. The van der Waals surface area contributed by atoms with Crippen molar-refractivity contribution in [2.75, 3.05) is 18.4 Å². The minimum Gasteiger partial charge on any atom is -0.480 e. The lowest BCUT2D eigenvalue weighted by molar-refractivity contribution is -0.138. The van der Waals surface area contributed by atoms with E-state index in [-0.39, 0.29) is 15.6 Å². The smallest absolute Gasteiger partial charge is 0.323 e. The molecule has 0 aliphatic rings. The van der Waals surface area contributed by atoms with E-state index in [2.05, 4.69) is 20.7 Å². The topological polar surface area (TPSA) is 155 Å². The molecule has 4 N–H and O–H groups in total. The van der Waals surface area contributed by atoms with E-state index in [1.165, 1.54) is 18.2 Å². The van der Waals surface area contributed by atoms with Crippen molar-refractivity contribution in [3.8, 4) is 0 Å². The van der Waals surface area contributed by atoms with Crippen molar-refractivity contribution < 1.29 is 23.1 Å². The Labute approximate surface area is 234 Å². The monoisotopic (exact) mass is 590 g/mol. The number of hydrogen-bond acceptors (Lipinski definition) is 7. The van der Waals surface area contributed by atoms with Gasteiger partial charge in [0.25, 0.3) is 5.91 Å². The van der Waals surface area contributed by atoms with Gasteiger partial charge in [-0.3, -0.25) is 14.3 Å². The molecule has 2 aromatic carbocycles. The summed E-state index contributed by atoms with van der Waals surface area (Å²) in [5, 5.41) is 19.9. The Morgan fingerprint density at radius 1 is 1.03 bits per heavy atom. The van der Waals surface area contributed by atoms with Gasteiger partial charge in [-0.1, -0.05) is 41.4 Å². The summed E-state index contributed by atoms with van der Waals surface area (Å²) in [7, 11) is -4.41. The van der Waals surface area contributed by atoms with Crippen LogP contribution in [0.2, 0.25) is 10.0 Å². The molecule has 0 saturated carbocycles. The van der Waals surface area contributed by atoms with Crippen LogP contribution in [-0.2, 0) is 21.4 Å². The van der Waals surface area contributed by atoms with E-state index >= 15 is 0 Å². The highest BCUT2D eigenvalue weighted by Gasteiger charge is 2.29. The third-order valence-corrected chi connectivity index (χ3v) is 8.13. The Hall–Kier alpha value is -3.71. The molecule has 1 amide bonds. The number of pyridine rings is 1. The van der Waals surface area contributed by atoms with E-state index in [1.54, 1.807) is 29.2 Å². The molecule has 0 spiro atoms. The molecular weight excluding hydrogens is 567 g/mol. The van der Waals surface area contributed by atoms with Crippen LogP contribution in [0.5, 0.6) is 0 Å². The van der Waals surface area contributed by atoms with Crippen LogP contribution >= 0.6 is 23.2 Å². The second kappa shape index (κ2) is 12.4. The van der Waals surface area contributed by atoms with Crippen molar-refractivity contribution in [2.24, 2.45) is 0 Å². The molecule has 0 saturated heterocycles. The number of carbonyl (C=O) groups excluding carboxylic acids is 1. The summed E-state index contributed by atoms with van der Waals surface area (Å²) in [6, 6.07) is 13.1. The number of carboxylic acid groups (broad SMARTS) is 1. The van der Waals surface area contributed by atoms with Crippen molar-refractivity contribution in [2.45, 2.75) is 23.9 Å². The summed E-state index contributed by atoms with van der Waals surface area (Å²) in [6.45, 7) is 0.728. The number of aliphatic carboxylic acids is 1. The fraction of sp³-hybridized carbons (Fsp3) is 0.200. The first-order valence-corrected chi connectivity index (χ1v) is 14.0. The highest BCUT2D eigenvalue weighted by molar-refractivity contribution is 7.89. The number of benzene rings is 2. The Balaban J connectivity index is 1.41. The van der Waals surface area contributed by atoms with Crippen LogP contribution in [0.4, 0.5) is 5.82 Å². The number of nitrogens with one attached hydrogen (secondary N) is 3. The number of aromatic nitrogens is 3. The van der Waals surface area contributed by atoms with Crippen LogP contribution in [0.3, 0.4) is 0 Å². The van der Waals surface area contributed by atoms with Crippen molar-refractivity contribution in [1.82, 2.24) is 24.8 Å². The molecule has 0 aliphatic carbocycles. The summed E-state index contributed by atoms with van der Waals surface area (Å²) >= 11 is 12.0. The van der Waals surface area contributed by atoms with Gasteiger partial charge in [0, 0.05) is 31.2 Å². The van der Waals surface area contributed by atoms with E-state index in [0.29, 0.717) is 18.5 Å². The molecule has 39 heavy (non-hydrogen) atoms. The molecule has 14 heteroatoms. The molecule has 0 aliphatic heterocycles. The van der Waals surface area contributed by atoms with Gasteiger partial charge < -0.3 is 15.7 Å².